The summed E-state index contributed by atoms with van der Waals surface area (Å²) in [4.78, 5) is 49.3. The van der Waals surface area contributed by atoms with Crippen LogP contribution in [0.4, 0.5) is 4.39 Å². The van der Waals surface area contributed by atoms with E-state index < -0.39 is 46.9 Å². The summed E-state index contributed by atoms with van der Waals surface area (Å²) in [6.45, 7) is 4.29. The maximum Gasteiger partial charge on any atom is 0.303 e. The number of rotatable bonds is 3. The zero-order chi connectivity index (χ0) is 22.1. The number of ether oxygens (including phenoxy) is 1. The lowest BCUT2D eigenvalue weighted by Gasteiger charge is -2.58. The van der Waals surface area contributed by atoms with Crippen LogP contribution in [0.25, 0.3) is 0 Å². The lowest BCUT2D eigenvalue weighted by atomic mass is 9.45. The van der Waals surface area contributed by atoms with Crippen molar-refractivity contribution in [1.82, 2.24) is 0 Å². The van der Waals surface area contributed by atoms with Crippen molar-refractivity contribution in [2.24, 2.45) is 28.6 Å². The van der Waals surface area contributed by atoms with Gasteiger partial charge in [-0.1, -0.05) is 13.8 Å². The highest BCUT2D eigenvalue weighted by atomic mass is 19.1. The highest BCUT2D eigenvalue weighted by molar-refractivity contribution is 5.95. The fraction of sp³-hybridized carbons (Fsp3) is 0.739. The second-order valence-electron chi connectivity index (χ2n) is 10.1. The summed E-state index contributed by atoms with van der Waals surface area (Å²) in [5, 5.41) is 11.4. The molecule has 0 aromatic rings. The van der Waals surface area contributed by atoms with Crippen LogP contribution in [0.3, 0.4) is 0 Å². The van der Waals surface area contributed by atoms with E-state index in [-0.39, 0.29) is 42.7 Å². The van der Waals surface area contributed by atoms with Crippen molar-refractivity contribution < 1.29 is 33.4 Å². The van der Waals surface area contributed by atoms with E-state index in [0.717, 1.165) is 0 Å². The molecule has 0 bridgehead atoms. The summed E-state index contributed by atoms with van der Waals surface area (Å²) in [6.07, 6.45) is 1.67. The predicted octanol–water partition coefficient (Wildman–Crippen LogP) is 2.51. The maximum absolute atomic E-state index is 15.3. The standard InChI is InChI=1S/C23H29FO6/c1-12(25)30-11-19(28)23(29)7-5-15-14-9-17(24)16-8-13(26)4-6-21(16,2)20(14)18(27)10-22(15,23)3/h8,14-15,17,20,29H,4-7,9-11H2,1-3H3/t14-,15-,17+,20+,21-,22-,23+/m0/s1. The third kappa shape index (κ3) is 2.77. The fourth-order valence-electron chi connectivity index (χ4n) is 7.14. The Hall–Kier alpha value is -1.89. The molecule has 0 saturated heterocycles. The molecule has 0 amide bonds. The number of alkyl halides is 1. The van der Waals surface area contributed by atoms with Gasteiger partial charge in [-0.15, -0.1) is 0 Å². The normalized spacial score (nSPS) is 45.2. The van der Waals surface area contributed by atoms with Gasteiger partial charge in [-0.05, 0) is 49.2 Å². The molecule has 3 fully saturated rings. The van der Waals surface area contributed by atoms with Crippen molar-refractivity contribution in [2.75, 3.05) is 6.61 Å². The first kappa shape index (κ1) is 21.3. The lowest BCUT2D eigenvalue weighted by Crippen LogP contribution is -2.62. The van der Waals surface area contributed by atoms with Crippen LogP contribution in [0, 0.1) is 28.6 Å². The average molecular weight is 420 g/mol. The van der Waals surface area contributed by atoms with Gasteiger partial charge in [0, 0.05) is 36.5 Å². The van der Waals surface area contributed by atoms with Gasteiger partial charge in [0.25, 0.3) is 0 Å². The van der Waals surface area contributed by atoms with E-state index >= 15 is 4.39 Å². The number of allylic oxidation sites excluding steroid dienone is 1. The molecule has 6 nitrogen and oxygen atoms in total. The van der Waals surface area contributed by atoms with Gasteiger partial charge in [0.2, 0.25) is 5.78 Å². The number of Topliss-reactive ketones (excluding diaryl/α,β-unsaturated/α-hetero) is 2. The van der Waals surface area contributed by atoms with Crippen LogP contribution in [0.2, 0.25) is 0 Å². The fourth-order valence-corrected chi connectivity index (χ4v) is 7.14. The summed E-state index contributed by atoms with van der Waals surface area (Å²) in [5.41, 5.74) is -3.06. The second kappa shape index (κ2) is 6.81. The minimum Gasteiger partial charge on any atom is -0.458 e. The minimum absolute atomic E-state index is 0.0227. The van der Waals surface area contributed by atoms with Crippen molar-refractivity contribution >= 4 is 23.3 Å². The molecule has 3 saturated carbocycles. The molecule has 164 valence electrons. The highest BCUT2D eigenvalue weighted by Gasteiger charge is 2.69. The number of esters is 1. The Morgan fingerprint density at radius 2 is 1.97 bits per heavy atom. The average Bonchev–Trinajstić information content (AvgIpc) is 2.93. The molecule has 0 unspecified atom stereocenters. The van der Waals surface area contributed by atoms with Gasteiger partial charge in [-0.3, -0.25) is 19.2 Å². The number of hydrogen-bond acceptors (Lipinski definition) is 6. The molecular formula is C23H29FO6. The molecule has 0 aromatic carbocycles. The zero-order valence-corrected chi connectivity index (χ0v) is 17.7. The monoisotopic (exact) mass is 420 g/mol. The number of ketones is 3. The molecule has 4 rings (SSSR count). The molecule has 0 aromatic heterocycles. The Labute approximate surface area is 175 Å². The van der Waals surface area contributed by atoms with Gasteiger partial charge in [0.05, 0.1) is 0 Å². The summed E-state index contributed by atoms with van der Waals surface area (Å²) < 4.78 is 20.1. The SMILES string of the molecule is CC(=O)OCC(=O)[C@]1(O)CC[C@H]2[C@@H]3C[C@@H](F)C4=CC(=O)CC[C@]4(C)[C@H]3C(=O)C[C@@]21C. The van der Waals surface area contributed by atoms with Gasteiger partial charge in [0.1, 0.15) is 17.6 Å². The van der Waals surface area contributed by atoms with Crippen LogP contribution >= 0.6 is 0 Å². The maximum atomic E-state index is 15.3. The molecule has 0 heterocycles. The van der Waals surface area contributed by atoms with Gasteiger partial charge in [-0.2, -0.15) is 0 Å². The summed E-state index contributed by atoms with van der Waals surface area (Å²) in [6, 6.07) is 0. The number of hydrogen-bond donors (Lipinski definition) is 1. The van der Waals surface area contributed by atoms with E-state index in [0.29, 0.717) is 24.8 Å². The smallest absolute Gasteiger partial charge is 0.303 e. The van der Waals surface area contributed by atoms with Crippen LogP contribution in [0.5, 0.6) is 0 Å². The van der Waals surface area contributed by atoms with Crippen molar-refractivity contribution in [3.63, 3.8) is 0 Å². The molecular weight excluding hydrogens is 391 g/mol. The Morgan fingerprint density at radius 3 is 2.63 bits per heavy atom. The summed E-state index contributed by atoms with van der Waals surface area (Å²) in [7, 11) is 0. The third-order valence-electron chi connectivity index (χ3n) is 8.65. The van der Waals surface area contributed by atoms with Gasteiger partial charge in [-0.25, -0.2) is 4.39 Å². The van der Waals surface area contributed by atoms with E-state index in [4.69, 9.17) is 4.74 Å². The van der Waals surface area contributed by atoms with Crippen LogP contribution in [-0.4, -0.2) is 46.8 Å². The largest absolute Gasteiger partial charge is 0.458 e. The third-order valence-corrected chi connectivity index (χ3v) is 8.65. The number of carbonyl (C=O) groups excluding carboxylic acids is 4. The van der Waals surface area contributed by atoms with Crippen LogP contribution in [0.15, 0.2) is 11.6 Å². The number of halogens is 1. The molecule has 0 radical (unpaired) electrons. The van der Waals surface area contributed by atoms with E-state index in [9.17, 15) is 24.3 Å². The molecule has 7 atom stereocenters. The Balaban J connectivity index is 1.70. The first-order valence-electron chi connectivity index (χ1n) is 10.7. The first-order valence-corrected chi connectivity index (χ1v) is 10.7. The lowest BCUT2D eigenvalue weighted by molar-refractivity contribution is -0.174. The quantitative estimate of drug-likeness (QED) is 0.705. The molecule has 7 heteroatoms. The number of carbonyl (C=O) groups is 4. The van der Waals surface area contributed by atoms with Gasteiger partial charge in [0.15, 0.2) is 12.4 Å². The second-order valence-corrected chi connectivity index (χ2v) is 10.1. The Kier molecular flexibility index (Phi) is 4.84. The van der Waals surface area contributed by atoms with Crippen molar-refractivity contribution in [1.29, 1.82) is 0 Å². The predicted molar refractivity (Wildman–Crippen MR) is 104 cm³/mol. The Bertz CT molecular complexity index is 864. The van der Waals surface area contributed by atoms with E-state index in [1.807, 2.05) is 6.92 Å². The molecule has 30 heavy (non-hydrogen) atoms. The van der Waals surface area contributed by atoms with Gasteiger partial charge < -0.3 is 9.84 Å². The Morgan fingerprint density at radius 1 is 1.27 bits per heavy atom. The van der Waals surface area contributed by atoms with Crippen LogP contribution in [-0.2, 0) is 23.9 Å². The van der Waals surface area contributed by atoms with Gasteiger partial charge >= 0.3 is 5.97 Å². The van der Waals surface area contributed by atoms with Crippen molar-refractivity contribution in [3.8, 4) is 0 Å². The zero-order valence-electron chi connectivity index (χ0n) is 17.7. The highest BCUT2D eigenvalue weighted by Crippen LogP contribution is 2.66. The topological polar surface area (TPSA) is 97.7 Å². The molecule has 0 spiro atoms. The molecule has 1 N–H and O–H groups in total. The summed E-state index contributed by atoms with van der Waals surface area (Å²) >= 11 is 0. The van der Waals surface area contributed by atoms with Crippen molar-refractivity contribution in [2.45, 2.75) is 71.1 Å². The van der Waals surface area contributed by atoms with Crippen LogP contribution in [0.1, 0.15) is 59.3 Å². The van der Waals surface area contributed by atoms with E-state index in [1.165, 1.54) is 13.0 Å². The van der Waals surface area contributed by atoms with E-state index in [1.54, 1.807) is 6.92 Å². The number of fused-ring (bicyclic) bond motifs is 5. The first-order chi connectivity index (χ1) is 13.9. The molecule has 4 aliphatic carbocycles. The molecule has 4 aliphatic rings. The van der Waals surface area contributed by atoms with E-state index in [2.05, 4.69) is 0 Å². The molecule has 0 aliphatic heterocycles. The van der Waals surface area contributed by atoms with Crippen LogP contribution < -0.4 is 0 Å². The van der Waals surface area contributed by atoms with Crippen molar-refractivity contribution in [3.05, 3.63) is 11.6 Å². The summed E-state index contributed by atoms with van der Waals surface area (Å²) in [5.74, 6) is -2.28. The number of aliphatic hydroxyl groups is 1. The minimum atomic E-state index is -1.78.